The molecule has 5 nitrogen and oxygen atoms in total. The van der Waals surface area contributed by atoms with Gasteiger partial charge >= 0.3 is 24.8 Å². The van der Waals surface area contributed by atoms with E-state index in [0.717, 1.165) is 5.01 Å². The van der Waals surface area contributed by atoms with Crippen LogP contribution in [-0.4, -0.2) is 27.0 Å². The Morgan fingerprint density at radius 1 is 1.44 bits per heavy atom. The molecule has 1 aliphatic rings. The van der Waals surface area contributed by atoms with Crippen molar-refractivity contribution in [2.24, 2.45) is 0 Å². The second-order valence-corrected chi connectivity index (χ2v) is 4.25. The van der Waals surface area contributed by atoms with Crippen molar-refractivity contribution in [1.82, 2.24) is 4.98 Å². The molecule has 1 aromatic heterocycles. The second kappa shape index (κ2) is 7.82. The van der Waals surface area contributed by atoms with Gasteiger partial charge in [-0.3, -0.25) is 0 Å². The van der Waals surface area contributed by atoms with Crippen molar-refractivity contribution in [3.8, 4) is 0 Å². The topological polar surface area (TPSA) is 112 Å². The molecule has 0 aromatic carbocycles. The standard InChI is InChI=1S/C9H11NO2S.Li.2H2O/c11-9(12)7-5-13-8(10-7)6-3-1-2-4-6;;;/h5-6H,1-4H2,(H,11,12);;2*1H2/q;+1;;/p-1. The predicted octanol–water partition coefficient (Wildman–Crippen LogP) is -1.50. The predicted molar refractivity (Wildman–Crippen MR) is 55.8 cm³/mol. The summed E-state index contributed by atoms with van der Waals surface area (Å²) in [5.74, 6) is -0.390. The van der Waals surface area contributed by atoms with Crippen LogP contribution in [0.5, 0.6) is 0 Å². The molecule has 0 saturated heterocycles. The van der Waals surface area contributed by atoms with Gasteiger partial charge in [0.2, 0.25) is 0 Å². The summed E-state index contributed by atoms with van der Waals surface area (Å²) in [6, 6.07) is 0. The maximum absolute atomic E-state index is 10.6. The molecule has 4 N–H and O–H groups in total. The van der Waals surface area contributed by atoms with Crippen LogP contribution in [0.2, 0.25) is 0 Å². The maximum Gasteiger partial charge on any atom is 1.00 e. The Morgan fingerprint density at radius 2 is 2.00 bits per heavy atom. The van der Waals surface area contributed by atoms with Crippen molar-refractivity contribution >= 4 is 17.3 Å². The van der Waals surface area contributed by atoms with Crippen molar-refractivity contribution in [3.05, 3.63) is 16.1 Å². The van der Waals surface area contributed by atoms with Crippen LogP contribution in [-0.2, 0) is 0 Å². The van der Waals surface area contributed by atoms with Crippen molar-refractivity contribution in [2.45, 2.75) is 31.6 Å². The fourth-order valence-electron chi connectivity index (χ4n) is 1.75. The number of nitrogens with zero attached hydrogens (tertiary/aromatic N) is 1. The van der Waals surface area contributed by atoms with Gasteiger partial charge in [0.25, 0.3) is 0 Å². The summed E-state index contributed by atoms with van der Waals surface area (Å²) in [6.45, 7) is 0. The molecule has 16 heavy (non-hydrogen) atoms. The zero-order valence-electron chi connectivity index (χ0n) is 9.14. The van der Waals surface area contributed by atoms with Gasteiger partial charge in [-0.15, -0.1) is 11.3 Å². The number of carbonyl (C=O) groups is 1. The molecule has 1 saturated carbocycles. The molecule has 0 unspecified atom stereocenters. The zero-order valence-corrected chi connectivity index (χ0v) is 9.96. The van der Waals surface area contributed by atoms with Crippen LogP contribution in [0.25, 0.3) is 0 Å². The third-order valence-corrected chi connectivity index (χ3v) is 3.45. The Balaban J connectivity index is 0. The molecule has 0 bridgehead atoms. The van der Waals surface area contributed by atoms with E-state index >= 15 is 0 Å². The van der Waals surface area contributed by atoms with E-state index in [0.29, 0.717) is 5.92 Å². The first-order valence-electron chi connectivity index (χ1n) is 4.46. The number of aromatic nitrogens is 1. The third-order valence-electron chi connectivity index (χ3n) is 2.45. The molecule has 2 rings (SSSR count). The molecule has 1 aliphatic carbocycles. The monoisotopic (exact) mass is 239 g/mol. The second-order valence-electron chi connectivity index (χ2n) is 3.36. The Hall–Kier alpha value is -0.383. The Labute approximate surface area is 110 Å². The first-order chi connectivity index (χ1) is 6.27. The molecule has 86 valence electrons. The number of rotatable bonds is 2. The average Bonchev–Trinajstić information content (AvgIpc) is 2.75. The number of hydrogen-bond donors (Lipinski definition) is 1. The molecule has 1 aromatic rings. The minimum Gasteiger partial charge on any atom is -0.870 e. The fraction of sp³-hybridized carbons (Fsp3) is 0.556. The SMILES string of the molecule is O.O=C(O)c1csc(C2CCCC2)n1.[Li+].[OH-]. The van der Waals surface area contributed by atoms with Crippen LogP contribution in [0.15, 0.2) is 5.38 Å². The summed E-state index contributed by atoms with van der Waals surface area (Å²) in [6.07, 6.45) is 4.86. The maximum atomic E-state index is 10.6. The fourth-order valence-corrected chi connectivity index (χ4v) is 2.71. The number of aromatic carboxylic acids is 1. The van der Waals surface area contributed by atoms with Crippen molar-refractivity contribution < 1.29 is 39.7 Å². The molecule has 1 heterocycles. The Bertz CT molecular complexity index is 325. The van der Waals surface area contributed by atoms with E-state index in [1.165, 1.54) is 37.0 Å². The van der Waals surface area contributed by atoms with Crippen LogP contribution in [0, 0.1) is 0 Å². The number of carboxylic acids is 1. The van der Waals surface area contributed by atoms with Gasteiger partial charge in [0, 0.05) is 11.3 Å². The van der Waals surface area contributed by atoms with Crippen molar-refractivity contribution in [2.75, 3.05) is 0 Å². The van der Waals surface area contributed by atoms with E-state index in [-0.39, 0.29) is 35.5 Å². The van der Waals surface area contributed by atoms with Gasteiger partial charge in [-0.1, -0.05) is 12.8 Å². The number of hydrogen-bond acceptors (Lipinski definition) is 4. The molecule has 7 heteroatoms. The molecule has 0 aliphatic heterocycles. The summed E-state index contributed by atoms with van der Waals surface area (Å²) in [7, 11) is 0. The third kappa shape index (κ3) is 3.89. The van der Waals surface area contributed by atoms with E-state index in [1.807, 2.05) is 0 Å². The molecule has 0 spiro atoms. The average molecular weight is 239 g/mol. The molecule has 0 amide bonds. The minimum absolute atomic E-state index is 0. The molecule has 0 atom stereocenters. The first-order valence-corrected chi connectivity index (χ1v) is 5.34. The van der Waals surface area contributed by atoms with Crippen molar-refractivity contribution in [1.29, 1.82) is 0 Å². The normalized spacial score (nSPS) is 14.5. The molecular formula is C9H14LiNO4S. The van der Waals surface area contributed by atoms with Gasteiger partial charge in [0.1, 0.15) is 0 Å². The zero-order chi connectivity index (χ0) is 9.26. The summed E-state index contributed by atoms with van der Waals surface area (Å²) < 4.78 is 0. The van der Waals surface area contributed by atoms with Gasteiger partial charge in [0.15, 0.2) is 5.69 Å². The van der Waals surface area contributed by atoms with Crippen molar-refractivity contribution in [3.63, 3.8) is 0 Å². The summed E-state index contributed by atoms with van der Waals surface area (Å²) in [5, 5.41) is 11.3. The molecule has 1 fully saturated rings. The van der Waals surface area contributed by atoms with Crippen LogP contribution in [0.1, 0.15) is 47.1 Å². The van der Waals surface area contributed by atoms with E-state index in [2.05, 4.69) is 4.98 Å². The largest absolute Gasteiger partial charge is 1.00 e. The summed E-state index contributed by atoms with van der Waals surface area (Å²) >= 11 is 1.48. The number of carboxylic acid groups (broad SMARTS) is 1. The summed E-state index contributed by atoms with van der Waals surface area (Å²) in [4.78, 5) is 14.7. The Morgan fingerprint density at radius 3 is 2.44 bits per heavy atom. The smallest absolute Gasteiger partial charge is 0.870 e. The van der Waals surface area contributed by atoms with Gasteiger partial charge < -0.3 is 16.1 Å². The van der Waals surface area contributed by atoms with E-state index in [9.17, 15) is 4.79 Å². The quantitative estimate of drug-likeness (QED) is 0.633. The van der Waals surface area contributed by atoms with Gasteiger partial charge in [-0.05, 0) is 12.8 Å². The van der Waals surface area contributed by atoms with E-state index in [1.54, 1.807) is 5.38 Å². The Kier molecular flexibility index (Phi) is 8.80. The van der Waals surface area contributed by atoms with Crippen LogP contribution >= 0.6 is 11.3 Å². The number of thiazole rings is 1. The van der Waals surface area contributed by atoms with Crippen LogP contribution < -0.4 is 18.9 Å². The summed E-state index contributed by atoms with van der Waals surface area (Å²) in [5.41, 5.74) is 0.201. The van der Waals surface area contributed by atoms with Crippen LogP contribution in [0.4, 0.5) is 0 Å². The molecular weight excluding hydrogens is 225 g/mol. The molecule has 0 radical (unpaired) electrons. The van der Waals surface area contributed by atoms with Crippen LogP contribution in [0.3, 0.4) is 0 Å². The van der Waals surface area contributed by atoms with Gasteiger partial charge in [-0.25, -0.2) is 9.78 Å². The first kappa shape index (κ1) is 18.0. The van der Waals surface area contributed by atoms with Gasteiger partial charge in [-0.2, -0.15) is 0 Å². The van der Waals surface area contributed by atoms with E-state index in [4.69, 9.17) is 5.11 Å². The van der Waals surface area contributed by atoms with E-state index < -0.39 is 5.97 Å². The minimum atomic E-state index is -0.916. The van der Waals surface area contributed by atoms with Gasteiger partial charge in [0.05, 0.1) is 5.01 Å².